The second kappa shape index (κ2) is 8.08. The molecule has 1 fully saturated rings. The van der Waals surface area contributed by atoms with Gasteiger partial charge < -0.3 is 10.2 Å². The van der Waals surface area contributed by atoms with E-state index in [1.165, 1.54) is 58.2 Å². The van der Waals surface area contributed by atoms with Crippen molar-refractivity contribution in [1.82, 2.24) is 10.2 Å². The van der Waals surface area contributed by atoms with Crippen LogP contribution in [0.2, 0.25) is 0 Å². The lowest BCUT2D eigenvalue weighted by atomic mass is 10.1. The Morgan fingerprint density at radius 1 is 1.31 bits per heavy atom. The van der Waals surface area contributed by atoms with Crippen molar-refractivity contribution in [2.24, 2.45) is 0 Å². The van der Waals surface area contributed by atoms with Crippen molar-refractivity contribution < 1.29 is 0 Å². The first-order chi connectivity index (χ1) is 7.74. The predicted molar refractivity (Wildman–Crippen MR) is 71.9 cm³/mol. The van der Waals surface area contributed by atoms with Crippen LogP contribution in [0, 0.1) is 0 Å². The van der Waals surface area contributed by atoms with Gasteiger partial charge >= 0.3 is 0 Å². The van der Waals surface area contributed by atoms with Crippen LogP contribution in [-0.4, -0.2) is 36.6 Å². The van der Waals surface area contributed by atoms with Crippen LogP contribution in [0.4, 0.5) is 0 Å². The number of likely N-dealkylation sites (tertiary alicyclic amines) is 1. The minimum absolute atomic E-state index is 0.639. The fourth-order valence-electron chi connectivity index (χ4n) is 2.61. The average molecular weight is 226 g/mol. The first-order valence-corrected chi connectivity index (χ1v) is 7.21. The van der Waals surface area contributed by atoms with Gasteiger partial charge in [-0.2, -0.15) is 0 Å². The van der Waals surface area contributed by atoms with E-state index in [9.17, 15) is 0 Å². The van der Waals surface area contributed by atoms with Crippen LogP contribution >= 0.6 is 0 Å². The van der Waals surface area contributed by atoms with Crippen LogP contribution < -0.4 is 5.32 Å². The van der Waals surface area contributed by atoms with E-state index in [4.69, 9.17) is 0 Å². The van der Waals surface area contributed by atoms with E-state index in [2.05, 4.69) is 31.0 Å². The SMILES string of the molecule is CCCCN1CCCC1CCCNC(C)C. The predicted octanol–water partition coefficient (Wildman–Crippen LogP) is 3.03. The Hall–Kier alpha value is -0.0800. The Morgan fingerprint density at radius 2 is 2.12 bits per heavy atom. The summed E-state index contributed by atoms with van der Waals surface area (Å²) in [6, 6.07) is 1.53. The van der Waals surface area contributed by atoms with Crippen LogP contribution in [-0.2, 0) is 0 Å². The molecule has 0 radical (unpaired) electrons. The summed E-state index contributed by atoms with van der Waals surface area (Å²) in [4.78, 5) is 2.72. The smallest absolute Gasteiger partial charge is 0.00962 e. The molecule has 1 rings (SSSR count). The van der Waals surface area contributed by atoms with Gasteiger partial charge in [-0.25, -0.2) is 0 Å². The number of rotatable bonds is 8. The lowest BCUT2D eigenvalue weighted by molar-refractivity contribution is 0.235. The molecular formula is C14H30N2. The number of nitrogens with zero attached hydrogens (tertiary/aromatic N) is 1. The summed E-state index contributed by atoms with van der Waals surface area (Å²) in [5.74, 6) is 0. The van der Waals surface area contributed by atoms with Crippen molar-refractivity contribution in [3.05, 3.63) is 0 Å². The maximum absolute atomic E-state index is 3.51. The third-order valence-electron chi connectivity index (χ3n) is 3.56. The highest BCUT2D eigenvalue weighted by atomic mass is 15.2. The number of unbranched alkanes of at least 4 members (excludes halogenated alkanes) is 1. The van der Waals surface area contributed by atoms with Gasteiger partial charge in [0.15, 0.2) is 0 Å². The van der Waals surface area contributed by atoms with Crippen molar-refractivity contribution >= 4 is 0 Å². The van der Waals surface area contributed by atoms with Crippen LogP contribution in [0.15, 0.2) is 0 Å². The Balaban J connectivity index is 2.09. The van der Waals surface area contributed by atoms with Crippen LogP contribution in [0.1, 0.15) is 59.3 Å². The van der Waals surface area contributed by atoms with Crippen molar-refractivity contribution in [2.75, 3.05) is 19.6 Å². The monoisotopic (exact) mass is 226 g/mol. The molecule has 1 aliphatic rings. The minimum atomic E-state index is 0.639. The van der Waals surface area contributed by atoms with Gasteiger partial charge in [-0.3, -0.25) is 0 Å². The highest BCUT2D eigenvalue weighted by Gasteiger charge is 2.22. The number of hydrogen-bond donors (Lipinski definition) is 1. The molecule has 0 aromatic rings. The molecule has 16 heavy (non-hydrogen) atoms. The molecule has 2 nitrogen and oxygen atoms in total. The van der Waals surface area contributed by atoms with E-state index in [1.807, 2.05) is 0 Å². The molecule has 0 amide bonds. The van der Waals surface area contributed by atoms with Crippen molar-refractivity contribution in [1.29, 1.82) is 0 Å². The third kappa shape index (κ3) is 5.31. The lowest BCUT2D eigenvalue weighted by Gasteiger charge is -2.24. The Bertz CT molecular complexity index is 168. The topological polar surface area (TPSA) is 15.3 Å². The molecule has 1 unspecified atom stereocenters. The molecule has 96 valence electrons. The molecule has 0 aliphatic carbocycles. The van der Waals surface area contributed by atoms with Gasteiger partial charge in [0.2, 0.25) is 0 Å². The summed E-state index contributed by atoms with van der Waals surface area (Å²) in [5, 5.41) is 3.51. The molecule has 0 saturated carbocycles. The van der Waals surface area contributed by atoms with Gasteiger partial charge in [-0.1, -0.05) is 27.2 Å². The number of nitrogens with one attached hydrogen (secondary N) is 1. The second-order valence-corrected chi connectivity index (χ2v) is 5.44. The van der Waals surface area contributed by atoms with Crippen molar-refractivity contribution in [3.8, 4) is 0 Å². The minimum Gasteiger partial charge on any atom is -0.315 e. The van der Waals surface area contributed by atoms with E-state index in [0.717, 1.165) is 6.04 Å². The molecule has 2 heteroatoms. The molecule has 1 heterocycles. The zero-order valence-electron chi connectivity index (χ0n) is 11.5. The molecule has 1 saturated heterocycles. The van der Waals surface area contributed by atoms with E-state index in [1.54, 1.807) is 0 Å². The Labute approximate surface area is 102 Å². The molecule has 0 aromatic carbocycles. The first kappa shape index (κ1) is 14.0. The molecular weight excluding hydrogens is 196 g/mol. The summed E-state index contributed by atoms with van der Waals surface area (Å²) in [6.07, 6.45) is 8.30. The van der Waals surface area contributed by atoms with Crippen LogP contribution in [0.3, 0.4) is 0 Å². The third-order valence-corrected chi connectivity index (χ3v) is 3.56. The molecule has 1 atom stereocenters. The first-order valence-electron chi connectivity index (χ1n) is 7.21. The maximum atomic E-state index is 3.51. The summed E-state index contributed by atoms with van der Waals surface area (Å²) < 4.78 is 0. The van der Waals surface area contributed by atoms with Crippen molar-refractivity contribution in [2.45, 2.75) is 71.4 Å². The largest absolute Gasteiger partial charge is 0.315 e. The van der Waals surface area contributed by atoms with Gasteiger partial charge in [-0.15, -0.1) is 0 Å². The molecule has 0 bridgehead atoms. The molecule has 1 N–H and O–H groups in total. The van der Waals surface area contributed by atoms with Crippen LogP contribution in [0.25, 0.3) is 0 Å². The maximum Gasteiger partial charge on any atom is 0.00962 e. The molecule has 1 aliphatic heterocycles. The standard InChI is InChI=1S/C14H30N2/c1-4-5-11-16-12-7-9-14(16)8-6-10-15-13(2)3/h13-15H,4-12H2,1-3H3. The highest BCUT2D eigenvalue weighted by Crippen LogP contribution is 2.21. The molecule has 0 spiro atoms. The Morgan fingerprint density at radius 3 is 2.81 bits per heavy atom. The summed E-state index contributed by atoms with van der Waals surface area (Å²) in [6.45, 7) is 10.6. The van der Waals surface area contributed by atoms with Gasteiger partial charge in [-0.05, 0) is 51.7 Å². The van der Waals surface area contributed by atoms with E-state index >= 15 is 0 Å². The van der Waals surface area contributed by atoms with Crippen LogP contribution in [0.5, 0.6) is 0 Å². The molecule has 0 aromatic heterocycles. The van der Waals surface area contributed by atoms with Gasteiger partial charge in [0.1, 0.15) is 0 Å². The van der Waals surface area contributed by atoms with Gasteiger partial charge in [0.05, 0.1) is 0 Å². The average Bonchev–Trinajstić information content (AvgIpc) is 2.69. The normalized spacial score (nSPS) is 22.1. The van der Waals surface area contributed by atoms with E-state index in [0.29, 0.717) is 6.04 Å². The van der Waals surface area contributed by atoms with Gasteiger partial charge in [0, 0.05) is 12.1 Å². The zero-order valence-corrected chi connectivity index (χ0v) is 11.5. The Kier molecular flexibility index (Phi) is 7.06. The fourth-order valence-corrected chi connectivity index (χ4v) is 2.61. The quantitative estimate of drug-likeness (QED) is 0.640. The summed E-state index contributed by atoms with van der Waals surface area (Å²) >= 11 is 0. The van der Waals surface area contributed by atoms with Gasteiger partial charge in [0.25, 0.3) is 0 Å². The summed E-state index contributed by atoms with van der Waals surface area (Å²) in [7, 11) is 0. The van der Waals surface area contributed by atoms with Crippen molar-refractivity contribution in [3.63, 3.8) is 0 Å². The van der Waals surface area contributed by atoms with E-state index < -0.39 is 0 Å². The summed E-state index contributed by atoms with van der Waals surface area (Å²) in [5.41, 5.74) is 0. The number of hydrogen-bond acceptors (Lipinski definition) is 2. The van der Waals surface area contributed by atoms with E-state index in [-0.39, 0.29) is 0 Å². The second-order valence-electron chi connectivity index (χ2n) is 5.44. The zero-order chi connectivity index (χ0) is 11.8. The lowest BCUT2D eigenvalue weighted by Crippen LogP contribution is -2.31. The highest BCUT2D eigenvalue weighted by molar-refractivity contribution is 4.79. The fraction of sp³-hybridized carbons (Fsp3) is 1.00.